The number of nitrogens with one attached hydrogen (secondary N) is 1. The van der Waals surface area contributed by atoms with Crippen LogP contribution in [0.5, 0.6) is 5.88 Å². The van der Waals surface area contributed by atoms with E-state index < -0.39 is 0 Å². The molecule has 0 atom stereocenters. The fourth-order valence-electron chi connectivity index (χ4n) is 4.19. The zero-order chi connectivity index (χ0) is 24.1. The lowest BCUT2D eigenvalue weighted by molar-refractivity contribution is 0.0952. The number of carbonyl (C=O) groups is 1. The molecular weight excluding hydrogens is 434 g/mol. The highest BCUT2D eigenvalue weighted by Crippen LogP contribution is 2.32. The quantitative estimate of drug-likeness (QED) is 0.354. The third kappa shape index (κ3) is 5.31. The van der Waals surface area contributed by atoms with Crippen molar-refractivity contribution < 1.29 is 9.53 Å². The number of rotatable bonds is 10. The largest absolute Gasteiger partial charge is 0.481 e. The molecule has 0 fully saturated rings. The van der Waals surface area contributed by atoms with E-state index in [1.54, 1.807) is 13.2 Å². The minimum atomic E-state index is -0.188. The lowest BCUT2D eigenvalue weighted by Gasteiger charge is -2.16. The SMILES string of the molecule is C=CCCc1cc(C)nc(OC)c1CNC(=O)c1cc(Cl)cc2c1c(CC=C)cn2C(C)C. The van der Waals surface area contributed by atoms with Gasteiger partial charge in [-0.05, 0) is 69.4 Å². The Morgan fingerprint density at radius 3 is 2.64 bits per heavy atom. The molecule has 6 heteroatoms. The van der Waals surface area contributed by atoms with Crippen molar-refractivity contribution in [3.05, 3.63) is 82.7 Å². The number of amides is 1. The van der Waals surface area contributed by atoms with Gasteiger partial charge in [-0.25, -0.2) is 4.98 Å². The van der Waals surface area contributed by atoms with Crippen molar-refractivity contribution in [1.29, 1.82) is 0 Å². The number of carbonyl (C=O) groups excluding carboxylic acids is 1. The van der Waals surface area contributed by atoms with E-state index in [1.165, 1.54) is 0 Å². The van der Waals surface area contributed by atoms with Crippen molar-refractivity contribution in [2.45, 2.75) is 52.6 Å². The monoisotopic (exact) mass is 465 g/mol. The molecule has 0 radical (unpaired) electrons. The van der Waals surface area contributed by atoms with Crippen LogP contribution in [0.25, 0.3) is 10.9 Å². The van der Waals surface area contributed by atoms with Gasteiger partial charge in [0, 0.05) is 40.4 Å². The standard InChI is InChI=1S/C27H32ClN3O2/c1-7-9-11-19-12-18(5)30-27(33-6)23(19)15-29-26(32)22-13-21(28)14-24-25(22)20(10-8-2)16-31(24)17(3)4/h7-8,12-14,16-17H,1-2,9-11,15H2,3-6H3,(H,29,32). The summed E-state index contributed by atoms with van der Waals surface area (Å²) in [6.45, 7) is 14.2. The van der Waals surface area contributed by atoms with Gasteiger partial charge in [-0.3, -0.25) is 4.79 Å². The van der Waals surface area contributed by atoms with Gasteiger partial charge in [0.15, 0.2) is 0 Å². The highest BCUT2D eigenvalue weighted by molar-refractivity contribution is 6.32. The molecular formula is C27H32ClN3O2. The Hall–Kier alpha value is -3.05. The van der Waals surface area contributed by atoms with Gasteiger partial charge in [0.1, 0.15) is 0 Å². The maximum atomic E-state index is 13.4. The molecule has 1 N–H and O–H groups in total. The molecule has 1 amide bonds. The van der Waals surface area contributed by atoms with Gasteiger partial charge in [0.25, 0.3) is 5.91 Å². The number of hydrogen-bond donors (Lipinski definition) is 1. The van der Waals surface area contributed by atoms with Crippen LogP contribution in [0.15, 0.2) is 49.7 Å². The van der Waals surface area contributed by atoms with E-state index in [0.717, 1.165) is 46.1 Å². The van der Waals surface area contributed by atoms with E-state index in [4.69, 9.17) is 16.3 Å². The second kappa shape index (κ2) is 10.7. The van der Waals surface area contributed by atoms with E-state index >= 15 is 0 Å². The number of aryl methyl sites for hydroxylation is 2. The molecule has 2 heterocycles. The van der Waals surface area contributed by atoms with Gasteiger partial charge in [0.2, 0.25) is 5.88 Å². The number of pyridine rings is 1. The molecule has 0 aliphatic rings. The van der Waals surface area contributed by atoms with Crippen LogP contribution in [0.4, 0.5) is 0 Å². The molecule has 0 saturated heterocycles. The Labute approximate surface area is 201 Å². The summed E-state index contributed by atoms with van der Waals surface area (Å²) in [5, 5.41) is 4.51. The topological polar surface area (TPSA) is 56.1 Å². The first-order valence-electron chi connectivity index (χ1n) is 11.2. The highest BCUT2D eigenvalue weighted by Gasteiger charge is 2.20. The number of hydrogen-bond acceptors (Lipinski definition) is 3. The summed E-state index contributed by atoms with van der Waals surface area (Å²) in [7, 11) is 1.60. The van der Waals surface area contributed by atoms with E-state index in [0.29, 0.717) is 29.4 Å². The van der Waals surface area contributed by atoms with Gasteiger partial charge >= 0.3 is 0 Å². The summed E-state index contributed by atoms with van der Waals surface area (Å²) in [6.07, 6.45) is 8.12. The molecule has 0 bridgehead atoms. The Morgan fingerprint density at radius 1 is 1.24 bits per heavy atom. The van der Waals surface area contributed by atoms with E-state index in [1.807, 2.05) is 31.2 Å². The molecule has 0 spiro atoms. The first-order chi connectivity index (χ1) is 15.8. The van der Waals surface area contributed by atoms with Crippen LogP contribution in [0, 0.1) is 6.92 Å². The van der Waals surface area contributed by atoms with Crippen molar-refractivity contribution >= 4 is 28.4 Å². The van der Waals surface area contributed by atoms with Crippen molar-refractivity contribution in [2.75, 3.05) is 7.11 Å². The average molecular weight is 466 g/mol. The minimum Gasteiger partial charge on any atom is -0.481 e. The zero-order valence-electron chi connectivity index (χ0n) is 19.9. The lowest BCUT2D eigenvalue weighted by atomic mass is 10.0. The number of nitrogens with zero attached hydrogens (tertiary/aromatic N) is 2. The molecule has 3 rings (SSSR count). The van der Waals surface area contributed by atoms with E-state index in [-0.39, 0.29) is 11.9 Å². The second-order valence-corrected chi connectivity index (χ2v) is 8.85. The molecule has 3 aromatic rings. The molecule has 0 saturated carbocycles. The second-order valence-electron chi connectivity index (χ2n) is 8.42. The predicted octanol–water partition coefficient (Wildman–Crippen LogP) is 6.36. The van der Waals surface area contributed by atoms with Crippen LogP contribution in [-0.4, -0.2) is 22.6 Å². The maximum Gasteiger partial charge on any atom is 0.252 e. The smallest absolute Gasteiger partial charge is 0.252 e. The summed E-state index contributed by atoms with van der Waals surface area (Å²) in [6, 6.07) is 5.92. The number of benzene rings is 1. The molecule has 5 nitrogen and oxygen atoms in total. The molecule has 2 aromatic heterocycles. The maximum absolute atomic E-state index is 13.4. The predicted molar refractivity (Wildman–Crippen MR) is 136 cm³/mol. The van der Waals surface area contributed by atoms with Gasteiger partial charge in [-0.15, -0.1) is 13.2 Å². The first-order valence-corrected chi connectivity index (χ1v) is 11.5. The van der Waals surface area contributed by atoms with Crippen LogP contribution in [-0.2, 0) is 19.4 Å². The van der Waals surface area contributed by atoms with Crippen molar-refractivity contribution in [1.82, 2.24) is 14.9 Å². The van der Waals surface area contributed by atoms with Crippen LogP contribution < -0.4 is 10.1 Å². The highest BCUT2D eigenvalue weighted by atomic mass is 35.5. The molecule has 0 aliphatic heterocycles. The summed E-state index contributed by atoms with van der Waals surface area (Å²) in [5.74, 6) is 0.343. The molecule has 33 heavy (non-hydrogen) atoms. The number of aromatic nitrogens is 2. The summed E-state index contributed by atoms with van der Waals surface area (Å²) in [4.78, 5) is 17.9. The summed E-state index contributed by atoms with van der Waals surface area (Å²) < 4.78 is 7.68. The fraction of sp³-hybridized carbons (Fsp3) is 0.333. The Bertz CT molecular complexity index is 1190. The van der Waals surface area contributed by atoms with Crippen molar-refractivity contribution in [3.63, 3.8) is 0 Å². The number of halogens is 1. The van der Waals surface area contributed by atoms with Crippen LogP contribution in [0.3, 0.4) is 0 Å². The third-order valence-electron chi connectivity index (χ3n) is 5.69. The van der Waals surface area contributed by atoms with Gasteiger partial charge < -0.3 is 14.6 Å². The Balaban J connectivity index is 2.01. The zero-order valence-corrected chi connectivity index (χ0v) is 20.6. The van der Waals surface area contributed by atoms with Crippen LogP contribution in [0.1, 0.15) is 59.1 Å². The average Bonchev–Trinajstić information content (AvgIpc) is 3.14. The Kier molecular flexibility index (Phi) is 7.98. The van der Waals surface area contributed by atoms with Crippen molar-refractivity contribution in [3.8, 4) is 5.88 Å². The van der Waals surface area contributed by atoms with E-state index in [9.17, 15) is 4.79 Å². The number of fused-ring (bicyclic) bond motifs is 1. The van der Waals surface area contributed by atoms with E-state index in [2.05, 4.69) is 48.1 Å². The third-order valence-corrected chi connectivity index (χ3v) is 5.90. The fourth-order valence-corrected chi connectivity index (χ4v) is 4.40. The number of ether oxygens (including phenoxy) is 1. The summed E-state index contributed by atoms with van der Waals surface area (Å²) >= 11 is 6.44. The molecule has 174 valence electrons. The normalized spacial score (nSPS) is 11.1. The Morgan fingerprint density at radius 2 is 2.00 bits per heavy atom. The minimum absolute atomic E-state index is 0.188. The van der Waals surface area contributed by atoms with Gasteiger partial charge in [-0.1, -0.05) is 23.8 Å². The molecule has 1 aromatic carbocycles. The van der Waals surface area contributed by atoms with Gasteiger partial charge in [0.05, 0.1) is 18.2 Å². The lowest BCUT2D eigenvalue weighted by Crippen LogP contribution is -2.24. The molecule has 0 unspecified atom stereocenters. The number of allylic oxidation sites excluding steroid dienone is 2. The summed E-state index contributed by atoms with van der Waals surface area (Å²) in [5.41, 5.74) is 5.40. The first kappa shape index (κ1) is 24.6. The van der Waals surface area contributed by atoms with Crippen LogP contribution >= 0.6 is 11.6 Å². The molecule has 0 aliphatic carbocycles. The van der Waals surface area contributed by atoms with Crippen molar-refractivity contribution in [2.24, 2.45) is 0 Å². The van der Waals surface area contributed by atoms with Gasteiger partial charge in [-0.2, -0.15) is 0 Å². The number of methoxy groups -OCH3 is 1. The van der Waals surface area contributed by atoms with Crippen LogP contribution in [0.2, 0.25) is 5.02 Å².